The van der Waals surface area contributed by atoms with Gasteiger partial charge in [-0.3, -0.25) is 0 Å². The average molecular weight is 1020 g/mol. The number of benzene rings is 6. The molecular formula is C63H78N6Ru. The first kappa shape index (κ1) is 54.1. The fraction of sp³-hybridized carbons (Fsp3) is 0.381. The fourth-order valence-corrected chi connectivity index (χ4v) is 11.9. The number of anilines is 6. The number of hydrogen-bond acceptors (Lipinski definition) is 6. The molecule has 368 valence electrons. The van der Waals surface area contributed by atoms with Crippen molar-refractivity contribution < 1.29 is 19.5 Å². The van der Waals surface area contributed by atoms with Gasteiger partial charge in [0.25, 0.3) is 0 Å². The third kappa shape index (κ3) is 11.9. The topological polar surface area (TPSA) is 19.4 Å². The van der Waals surface area contributed by atoms with Crippen molar-refractivity contribution in [2.75, 3.05) is 68.7 Å². The molecule has 6 nitrogen and oxygen atoms in total. The molecule has 0 aliphatic carbocycles. The van der Waals surface area contributed by atoms with Gasteiger partial charge in [-0.1, -0.05) is 106 Å². The molecule has 0 saturated carbocycles. The van der Waals surface area contributed by atoms with E-state index in [0.717, 1.165) is 39.3 Å². The van der Waals surface area contributed by atoms with Crippen LogP contribution < -0.4 is 29.4 Å². The third-order valence-corrected chi connectivity index (χ3v) is 13.8. The van der Waals surface area contributed by atoms with Gasteiger partial charge in [-0.05, 0) is 265 Å². The molecule has 0 spiro atoms. The fourth-order valence-electron chi connectivity index (χ4n) is 11.9. The van der Waals surface area contributed by atoms with Gasteiger partial charge in [-0.15, -0.1) is 0 Å². The molecule has 7 heteroatoms. The predicted molar refractivity (Wildman–Crippen MR) is 298 cm³/mol. The number of aryl methyl sites for hydroxylation is 18. The Hall–Kier alpha value is -5.26. The molecule has 3 saturated heterocycles. The molecule has 0 amide bonds. The first-order chi connectivity index (χ1) is 32.6. The maximum Gasteiger partial charge on any atom is 6.00 e. The van der Waals surface area contributed by atoms with Crippen LogP contribution in [0.15, 0.2) is 72.8 Å². The summed E-state index contributed by atoms with van der Waals surface area (Å²) in [4.78, 5) is 13.7. The Bertz CT molecular complexity index is 2220. The molecule has 3 aliphatic rings. The summed E-state index contributed by atoms with van der Waals surface area (Å²) in [5, 5.41) is 0. The van der Waals surface area contributed by atoms with Crippen molar-refractivity contribution in [1.29, 1.82) is 0 Å². The quantitative estimate of drug-likeness (QED) is 0.154. The Morgan fingerprint density at radius 1 is 0.214 bits per heavy atom. The van der Waals surface area contributed by atoms with Crippen molar-refractivity contribution in [3.8, 4) is 0 Å². The Balaban J connectivity index is 0.000000171. The van der Waals surface area contributed by atoms with Crippen molar-refractivity contribution in [3.05, 3.63) is 193 Å². The summed E-state index contributed by atoms with van der Waals surface area (Å²) in [6.45, 7) is 56.0. The summed E-state index contributed by atoms with van der Waals surface area (Å²) in [5.41, 5.74) is 31.7. The van der Waals surface area contributed by atoms with Crippen LogP contribution in [-0.2, 0) is 19.5 Å². The van der Waals surface area contributed by atoms with E-state index in [0.29, 0.717) is 0 Å². The Kier molecular flexibility index (Phi) is 17.3. The summed E-state index contributed by atoms with van der Waals surface area (Å²) in [5.74, 6) is 0. The molecule has 70 heavy (non-hydrogen) atoms. The Morgan fingerprint density at radius 2 is 0.314 bits per heavy atom. The molecule has 3 fully saturated rings. The van der Waals surface area contributed by atoms with Gasteiger partial charge in [-0.25, -0.2) is 0 Å². The van der Waals surface area contributed by atoms with Crippen LogP contribution in [0.2, 0.25) is 0 Å². The molecule has 0 N–H and O–H groups in total. The summed E-state index contributed by atoms with van der Waals surface area (Å²) >= 11 is 0. The molecule has 3 heterocycles. The van der Waals surface area contributed by atoms with E-state index < -0.39 is 0 Å². The molecule has 0 bridgehead atoms. The average Bonchev–Trinajstić information content (AvgIpc) is 4.00. The van der Waals surface area contributed by atoms with Crippen molar-refractivity contribution in [2.45, 2.75) is 125 Å². The van der Waals surface area contributed by atoms with Gasteiger partial charge >= 0.3 is 19.5 Å². The normalized spacial score (nSPS) is 14.5. The molecule has 0 radical (unpaired) electrons. The van der Waals surface area contributed by atoms with Crippen LogP contribution in [0.3, 0.4) is 0 Å². The third-order valence-electron chi connectivity index (χ3n) is 13.8. The maximum absolute atomic E-state index is 3.59. The van der Waals surface area contributed by atoms with Crippen molar-refractivity contribution in [3.63, 3.8) is 0 Å². The van der Waals surface area contributed by atoms with Crippen LogP contribution in [0.4, 0.5) is 34.1 Å². The molecule has 3 aliphatic heterocycles. The monoisotopic (exact) mass is 1020 g/mol. The molecule has 0 aromatic heterocycles. The van der Waals surface area contributed by atoms with Crippen molar-refractivity contribution in [2.24, 2.45) is 0 Å². The molecule has 0 atom stereocenters. The van der Waals surface area contributed by atoms with Gasteiger partial charge in [0, 0.05) is 0 Å². The number of rotatable bonds is 6. The second kappa shape index (κ2) is 22.4. The van der Waals surface area contributed by atoms with Gasteiger partial charge in [0.15, 0.2) is 0 Å². The molecule has 0 unspecified atom stereocenters. The zero-order valence-electron chi connectivity index (χ0n) is 45.7. The van der Waals surface area contributed by atoms with E-state index in [1.165, 1.54) is 134 Å². The van der Waals surface area contributed by atoms with E-state index in [1.54, 1.807) is 0 Å². The summed E-state index contributed by atoms with van der Waals surface area (Å²) in [6.07, 6.45) is 0. The van der Waals surface area contributed by atoms with Crippen LogP contribution in [0, 0.1) is 145 Å². The molecule has 6 aromatic rings. The first-order valence-electron chi connectivity index (χ1n) is 25.0. The van der Waals surface area contributed by atoms with Gasteiger partial charge in [-0.2, -0.15) is 0 Å². The minimum atomic E-state index is 0. The zero-order chi connectivity index (χ0) is 50.2. The number of hydrogen-bond donors (Lipinski definition) is 0. The zero-order valence-corrected chi connectivity index (χ0v) is 47.4. The largest absolute Gasteiger partial charge is 6.00 e. The first-order valence-corrected chi connectivity index (χ1v) is 25.0. The maximum atomic E-state index is 3.59. The second-order valence-electron chi connectivity index (χ2n) is 20.7. The van der Waals surface area contributed by atoms with E-state index in [4.69, 9.17) is 0 Å². The van der Waals surface area contributed by atoms with E-state index >= 15 is 0 Å². The van der Waals surface area contributed by atoms with Crippen LogP contribution in [0.1, 0.15) is 100 Å². The van der Waals surface area contributed by atoms with E-state index in [9.17, 15) is 0 Å². The summed E-state index contributed by atoms with van der Waals surface area (Å²) in [6, 6.07) is 27.1. The smallest absolute Gasteiger partial charge is 0.880 e. The van der Waals surface area contributed by atoms with Crippen LogP contribution in [-0.4, -0.2) is 39.3 Å². The van der Waals surface area contributed by atoms with Gasteiger partial charge in [0.1, 0.15) is 0 Å². The van der Waals surface area contributed by atoms with Crippen LogP contribution in [0.5, 0.6) is 0 Å². The molecular weight excluding hydrogens is 942 g/mol. The van der Waals surface area contributed by atoms with Crippen LogP contribution >= 0.6 is 0 Å². The summed E-state index contributed by atoms with van der Waals surface area (Å²) < 4.78 is 0. The second-order valence-corrected chi connectivity index (χ2v) is 20.7. The van der Waals surface area contributed by atoms with Crippen molar-refractivity contribution >= 4 is 34.1 Å². The van der Waals surface area contributed by atoms with Gasteiger partial charge in [0.2, 0.25) is 0 Å². The molecule has 6 aromatic carbocycles. The van der Waals surface area contributed by atoms with Gasteiger partial charge < -0.3 is 49.4 Å². The Morgan fingerprint density at radius 3 is 0.414 bits per heavy atom. The van der Waals surface area contributed by atoms with E-state index in [-0.39, 0.29) is 19.5 Å². The summed E-state index contributed by atoms with van der Waals surface area (Å²) in [7, 11) is 0. The van der Waals surface area contributed by atoms with E-state index in [2.05, 4.69) is 247 Å². The molecule has 9 rings (SSSR count). The standard InChI is InChI=1S/3C21H26N2.Ru/c3*1-14-9-16(3)20(17(4)10-14)22-7-8-23(13-22)21-18(5)11-15(2)12-19(21)6;/h3*9-12H,7-8H2,1-6H3;/q3*-2;+6. The van der Waals surface area contributed by atoms with E-state index in [1.807, 2.05) is 0 Å². The minimum absolute atomic E-state index is 0. The minimum Gasteiger partial charge on any atom is -0.880 e. The van der Waals surface area contributed by atoms with Crippen molar-refractivity contribution in [1.82, 2.24) is 0 Å². The van der Waals surface area contributed by atoms with Crippen LogP contribution in [0.25, 0.3) is 0 Å². The Labute approximate surface area is 437 Å². The predicted octanol–water partition coefficient (Wildman–Crippen LogP) is 14.6. The van der Waals surface area contributed by atoms with Gasteiger partial charge in [0.05, 0.1) is 0 Å². The SMILES string of the molecule is Cc1cc(C)c(N2[C-2]N(c3c(C)cc(C)cc3C)CC2)c(C)c1.Cc1cc(C)c(N2[C-2]N(c3c(C)cc(C)cc3C)CC2)c(C)c1.Cc1cc(C)c(N2[C-2]N(c3c(C)cc(C)cc3C)CC2)c(C)c1.[Ru+6]. The number of nitrogens with zero attached hydrogens (tertiary/aromatic N) is 6.